The van der Waals surface area contributed by atoms with E-state index < -0.39 is 0 Å². The lowest BCUT2D eigenvalue weighted by Crippen LogP contribution is -2.24. The van der Waals surface area contributed by atoms with Gasteiger partial charge in [-0.15, -0.1) is 11.3 Å². The molecule has 0 saturated carbocycles. The number of carbonyl (C=O) groups is 1. The van der Waals surface area contributed by atoms with Crippen LogP contribution in [0.15, 0.2) is 35.6 Å². The molecule has 0 saturated heterocycles. The van der Waals surface area contributed by atoms with Crippen LogP contribution in [0.2, 0.25) is 0 Å². The summed E-state index contributed by atoms with van der Waals surface area (Å²) >= 11 is 3.05. The van der Waals surface area contributed by atoms with Crippen LogP contribution in [0.25, 0.3) is 10.2 Å². The van der Waals surface area contributed by atoms with E-state index in [0.717, 1.165) is 20.8 Å². The summed E-state index contributed by atoms with van der Waals surface area (Å²) in [5.41, 5.74) is 2.04. The fourth-order valence-corrected chi connectivity index (χ4v) is 4.19. The van der Waals surface area contributed by atoms with Gasteiger partial charge < -0.3 is 5.32 Å². The minimum absolute atomic E-state index is 0.0827. The highest BCUT2D eigenvalue weighted by Crippen LogP contribution is 2.34. The van der Waals surface area contributed by atoms with E-state index in [1.165, 1.54) is 40.7 Å². The molecular formula is C17H16FN3OS2. The minimum Gasteiger partial charge on any atom is -0.351 e. The molecule has 0 aliphatic carbocycles. The molecule has 0 radical (unpaired) electrons. The second-order valence-corrected chi connectivity index (χ2v) is 7.50. The van der Waals surface area contributed by atoms with Crippen molar-refractivity contribution in [3.8, 4) is 0 Å². The number of aryl methyl sites for hydroxylation is 2. The van der Waals surface area contributed by atoms with Crippen molar-refractivity contribution in [2.24, 2.45) is 0 Å². The summed E-state index contributed by atoms with van der Waals surface area (Å²) in [4.78, 5) is 22.8. The van der Waals surface area contributed by atoms with Gasteiger partial charge in [0, 0.05) is 16.8 Å². The Bertz CT molecular complexity index is 877. The van der Waals surface area contributed by atoms with Crippen molar-refractivity contribution < 1.29 is 9.18 Å². The van der Waals surface area contributed by atoms with Crippen LogP contribution in [-0.2, 0) is 11.3 Å². The average Bonchev–Trinajstić information content (AvgIpc) is 2.87. The van der Waals surface area contributed by atoms with Gasteiger partial charge in [0.25, 0.3) is 0 Å². The van der Waals surface area contributed by atoms with Gasteiger partial charge in [-0.2, -0.15) is 0 Å². The maximum atomic E-state index is 12.9. The van der Waals surface area contributed by atoms with Gasteiger partial charge >= 0.3 is 0 Å². The Kier molecular flexibility index (Phi) is 5.11. The van der Waals surface area contributed by atoms with Crippen LogP contribution in [0.5, 0.6) is 0 Å². The zero-order chi connectivity index (χ0) is 17.1. The largest absolute Gasteiger partial charge is 0.351 e. The van der Waals surface area contributed by atoms with E-state index in [-0.39, 0.29) is 17.5 Å². The minimum atomic E-state index is -0.283. The molecule has 2 heterocycles. The molecule has 1 N–H and O–H groups in total. The highest BCUT2D eigenvalue weighted by molar-refractivity contribution is 8.00. The van der Waals surface area contributed by atoms with Crippen molar-refractivity contribution in [2.45, 2.75) is 25.4 Å². The maximum absolute atomic E-state index is 12.9. The Balaban J connectivity index is 1.61. The van der Waals surface area contributed by atoms with Gasteiger partial charge in [0.05, 0.1) is 5.75 Å². The number of rotatable bonds is 5. The van der Waals surface area contributed by atoms with E-state index in [4.69, 9.17) is 0 Å². The normalized spacial score (nSPS) is 11.0. The molecule has 1 amide bonds. The molecule has 1 aromatic carbocycles. The van der Waals surface area contributed by atoms with Crippen molar-refractivity contribution in [2.75, 3.05) is 5.75 Å². The van der Waals surface area contributed by atoms with Crippen LogP contribution in [0, 0.1) is 19.7 Å². The van der Waals surface area contributed by atoms with Gasteiger partial charge in [0.15, 0.2) is 0 Å². The number of thiophene rings is 1. The summed E-state index contributed by atoms with van der Waals surface area (Å²) in [5, 5.41) is 4.70. The van der Waals surface area contributed by atoms with Crippen molar-refractivity contribution in [1.29, 1.82) is 0 Å². The SMILES string of the molecule is Cc1sc2ncnc(SCC(=O)NCc3ccc(F)cc3)c2c1C. The summed E-state index contributed by atoms with van der Waals surface area (Å²) in [5.74, 6) is -0.0858. The first-order chi connectivity index (χ1) is 11.5. The third-order valence-electron chi connectivity index (χ3n) is 3.67. The van der Waals surface area contributed by atoms with E-state index in [1.807, 2.05) is 0 Å². The lowest BCUT2D eigenvalue weighted by molar-refractivity contribution is -0.118. The Labute approximate surface area is 147 Å². The first-order valence-corrected chi connectivity index (χ1v) is 9.19. The Morgan fingerprint density at radius 2 is 2.00 bits per heavy atom. The molecule has 0 aliphatic rings. The molecule has 0 spiro atoms. The van der Waals surface area contributed by atoms with Gasteiger partial charge in [-0.05, 0) is 37.1 Å². The zero-order valence-corrected chi connectivity index (χ0v) is 14.9. The van der Waals surface area contributed by atoms with Gasteiger partial charge in [-0.3, -0.25) is 4.79 Å². The highest BCUT2D eigenvalue weighted by Gasteiger charge is 2.13. The van der Waals surface area contributed by atoms with Crippen LogP contribution < -0.4 is 5.32 Å². The topological polar surface area (TPSA) is 54.9 Å². The lowest BCUT2D eigenvalue weighted by Gasteiger charge is -2.06. The first-order valence-electron chi connectivity index (χ1n) is 7.39. The molecule has 124 valence electrons. The molecule has 7 heteroatoms. The summed E-state index contributed by atoms with van der Waals surface area (Å²) in [6, 6.07) is 6.09. The molecule has 4 nitrogen and oxygen atoms in total. The third-order valence-corrected chi connectivity index (χ3v) is 5.78. The summed E-state index contributed by atoms with van der Waals surface area (Å²) in [6.45, 7) is 4.50. The van der Waals surface area contributed by atoms with Crippen LogP contribution in [0.4, 0.5) is 4.39 Å². The van der Waals surface area contributed by atoms with Gasteiger partial charge in [0.2, 0.25) is 5.91 Å². The van der Waals surface area contributed by atoms with Gasteiger partial charge in [-0.1, -0.05) is 23.9 Å². The number of aromatic nitrogens is 2. The number of benzene rings is 1. The predicted octanol–water partition coefficient (Wildman–Crippen LogP) is 3.86. The van der Waals surface area contributed by atoms with Crippen LogP contribution >= 0.6 is 23.1 Å². The Morgan fingerprint density at radius 1 is 1.25 bits per heavy atom. The number of nitrogens with one attached hydrogen (secondary N) is 1. The number of nitrogens with zero attached hydrogens (tertiary/aromatic N) is 2. The van der Waals surface area contributed by atoms with Crippen LogP contribution in [0.3, 0.4) is 0 Å². The number of amides is 1. The van der Waals surface area contributed by atoms with E-state index in [9.17, 15) is 9.18 Å². The fraction of sp³-hybridized carbons (Fsp3) is 0.235. The molecule has 0 unspecified atom stereocenters. The number of thioether (sulfide) groups is 1. The van der Waals surface area contributed by atoms with Crippen molar-refractivity contribution in [3.05, 3.63) is 52.4 Å². The van der Waals surface area contributed by atoms with Crippen LogP contribution in [0.1, 0.15) is 16.0 Å². The van der Waals surface area contributed by atoms with E-state index in [1.54, 1.807) is 23.5 Å². The average molecular weight is 361 g/mol. The van der Waals surface area contributed by atoms with E-state index in [2.05, 4.69) is 29.1 Å². The number of hydrogen-bond acceptors (Lipinski definition) is 5. The second-order valence-electron chi connectivity index (χ2n) is 5.33. The number of fused-ring (bicyclic) bond motifs is 1. The molecule has 0 fully saturated rings. The molecule has 3 aromatic rings. The Morgan fingerprint density at radius 3 is 2.75 bits per heavy atom. The van der Waals surface area contributed by atoms with Crippen molar-refractivity contribution in [1.82, 2.24) is 15.3 Å². The number of halogens is 1. The third kappa shape index (κ3) is 3.73. The fourth-order valence-electron chi connectivity index (χ4n) is 2.25. The first kappa shape index (κ1) is 16.9. The molecule has 24 heavy (non-hydrogen) atoms. The summed E-state index contributed by atoms with van der Waals surface area (Å²) in [6.07, 6.45) is 1.54. The van der Waals surface area contributed by atoms with E-state index in [0.29, 0.717) is 6.54 Å². The molecule has 0 bridgehead atoms. The standard InChI is InChI=1S/C17H16FN3OS2/c1-10-11(2)24-17-15(10)16(20-9-21-17)23-8-14(22)19-7-12-3-5-13(18)6-4-12/h3-6,9H,7-8H2,1-2H3,(H,19,22). The monoisotopic (exact) mass is 361 g/mol. The maximum Gasteiger partial charge on any atom is 0.230 e. The van der Waals surface area contributed by atoms with Crippen LogP contribution in [-0.4, -0.2) is 21.6 Å². The molecule has 3 rings (SSSR count). The number of carbonyl (C=O) groups excluding carboxylic acids is 1. The zero-order valence-electron chi connectivity index (χ0n) is 13.3. The molecule has 0 aliphatic heterocycles. The molecule has 0 atom stereocenters. The smallest absolute Gasteiger partial charge is 0.230 e. The van der Waals surface area contributed by atoms with E-state index >= 15 is 0 Å². The summed E-state index contributed by atoms with van der Waals surface area (Å²) in [7, 11) is 0. The summed E-state index contributed by atoms with van der Waals surface area (Å²) < 4.78 is 12.9. The number of hydrogen-bond donors (Lipinski definition) is 1. The van der Waals surface area contributed by atoms with Crippen molar-refractivity contribution in [3.63, 3.8) is 0 Å². The second kappa shape index (κ2) is 7.27. The van der Waals surface area contributed by atoms with Crippen molar-refractivity contribution >= 4 is 39.2 Å². The predicted molar refractivity (Wildman–Crippen MR) is 95.9 cm³/mol. The lowest BCUT2D eigenvalue weighted by atomic mass is 10.2. The van der Waals surface area contributed by atoms with Gasteiger partial charge in [-0.25, -0.2) is 14.4 Å². The quantitative estimate of drug-likeness (QED) is 0.554. The van der Waals surface area contributed by atoms with Gasteiger partial charge in [0.1, 0.15) is 22.0 Å². The molecule has 2 aromatic heterocycles. The highest BCUT2D eigenvalue weighted by atomic mass is 32.2. The Hall–Kier alpha value is -1.99. The molecular weight excluding hydrogens is 345 g/mol.